The van der Waals surface area contributed by atoms with Gasteiger partial charge in [0.05, 0.1) is 40.5 Å². The largest absolute Gasteiger partial charge is 0.497 e. The van der Waals surface area contributed by atoms with Gasteiger partial charge in [0, 0.05) is 15.6 Å². The van der Waals surface area contributed by atoms with Gasteiger partial charge in [0.25, 0.3) is 11.8 Å². The number of halogens is 2. The maximum atomic E-state index is 15.1. The number of thiazole rings is 1. The van der Waals surface area contributed by atoms with E-state index in [9.17, 15) is 9.59 Å². The van der Waals surface area contributed by atoms with Crippen molar-refractivity contribution in [2.24, 2.45) is 0 Å². The van der Waals surface area contributed by atoms with E-state index in [1.165, 1.54) is 22.3 Å². The molecule has 4 heterocycles. The van der Waals surface area contributed by atoms with Gasteiger partial charge < -0.3 is 14.1 Å². The third-order valence-electron chi connectivity index (χ3n) is 8.12. The van der Waals surface area contributed by atoms with Crippen molar-refractivity contribution in [2.75, 3.05) is 16.9 Å². The number of benzene rings is 4. The molecule has 8 nitrogen and oxygen atoms in total. The number of aromatic nitrogens is 1. The van der Waals surface area contributed by atoms with Crippen molar-refractivity contribution in [1.82, 2.24) is 4.98 Å². The fourth-order valence-corrected chi connectivity index (χ4v) is 7.52. The summed E-state index contributed by atoms with van der Waals surface area (Å²) in [4.78, 5) is 51.7. The van der Waals surface area contributed by atoms with E-state index in [0.717, 1.165) is 10.3 Å². The topological polar surface area (TPSA) is 93.0 Å². The molecule has 1 atom stereocenters. The number of hydrogen-bond donors (Lipinski definition) is 0. The molecule has 6 aromatic rings. The number of fused-ring (bicyclic) bond motifs is 6. The van der Waals surface area contributed by atoms with Crippen molar-refractivity contribution in [3.05, 3.63) is 128 Å². The molecular formula is C33H19Cl2N3O5S. The highest BCUT2D eigenvalue weighted by atomic mass is 35.5. The molecule has 8 rings (SSSR count). The predicted molar refractivity (Wildman–Crippen MR) is 170 cm³/mol. The van der Waals surface area contributed by atoms with E-state index >= 15 is 4.79 Å². The zero-order valence-electron chi connectivity index (χ0n) is 22.8. The van der Waals surface area contributed by atoms with Crippen molar-refractivity contribution >= 4 is 78.4 Å². The molecule has 2 amide bonds. The highest BCUT2D eigenvalue weighted by molar-refractivity contribution is 7.22. The molecule has 0 saturated carbocycles. The van der Waals surface area contributed by atoms with E-state index in [4.69, 9.17) is 37.3 Å². The van der Waals surface area contributed by atoms with Crippen molar-refractivity contribution in [3.63, 3.8) is 0 Å². The lowest BCUT2D eigenvalue weighted by atomic mass is 9.84. The van der Waals surface area contributed by atoms with Crippen LogP contribution in [0.4, 0.5) is 10.8 Å². The van der Waals surface area contributed by atoms with Gasteiger partial charge in [-0.2, -0.15) is 0 Å². The highest BCUT2D eigenvalue weighted by Crippen LogP contribution is 2.55. The number of amides is 2. The van der Waals surface area contributed by atoms with Crippen LogP contribution in [0.5, 0.6) is 5.75 Å². The number of carbonyl (C=O) groups excluding carboxylic acids is 2. The van der Waals surface area contributed by atoms with Gasteiger partial charge in [0.15, 0.2) is 16.1 Å². The van der Waals surface area contributed by atoms with Crippen LogP contribution in [0.3, 0.4) is 0 Å². The molecular weight excluding hydrogens is 621 g/mol. The second kappa shape index (κ2) is 9.65. The van der Waals surface area contributed by atoms with E-state index < -0.39 is 22.8 Å². The Kier molecular flexibility index (Phi) is 5.90. The van der Waals surface area contributed by atoms with Gasteiger partial charge in [-0.1, -0.05) is 64.9 Å². The van der Waals surface area contributed by atoms with E-state index in [-0.39, 0.29) is 34.0 Å². The minimum absolute atomic E-state index is 0.0647. The Labute approximate surface area is 263 Å². The molecule has 216 valence electrons. The van der Waals surface area contributed by atoms with Gasteiger partial charge in [-0.25, -0.2) is 4.98 Å². The standard InChI is InChI=1S/C33H19Cl2N3O5S/c1-42-20-11-12-23-26(15-20)44-32(36-23)38-30(40)29-27(28(39)21-14-19(35)10-13-25(21)43-29)33(38)22-4-2-3-5-24(22)37(31(33)41)16-17-6-8-18(34)9-7-17/h2-15H,16H2,1H3. The Hall–Kier alpha value is -4.70. The number of anilines is 2. The Morgan fingerprint density at radius 1 is 0.932 bits per heavy atom. The average molecular weight is 641 g/mol. The second-order valence-corrected chi connectivity index (χ2v) is 12.4. The fourth-order valence-electron chi connectivity index (χ4n) is 6.18. The summed E-state index contributed by atoms with van der Waals surface area (Å²) in [5.41, 5.74) is 0.180. The van der Waals surface area contributed by atoms with Crippen LogP contribution in [0.2, 0.25) is 10.0 Å². The Morgan fingerprint density at radius 2 is 1.70 bits per heavy atom. The summed E-state index contributed by atoms with van der Waals surface area (Å²) in [6.45, 7) is 0.175. The number of para-hydroxylation sites is 1. The molecule has 44 heavy (non-hydrogen) atoms. The second-order valence-electron chi connectivity index (χ2n) is 10.5. The van der Waals surface area contributed by atoms with Crippen molar-refractivity contribution < 1.29 is 18.7 Å². The molecule has 4 aromatic carbocycles. The third kappa shape index (κ3) is 3.63. The zero-order valence-corrected chi connectivity index (χ0v) is 25.2. The van der Waals surface area contributed by atoms with Crippen LogP contribution in [-0.2, 0) is 16.9 Å². The fraction of sp³-hybridized carbons (Fsp3) is 0.0909. The number of hydrogen-bond acceptors (Lipinski definition) is 7. The summed E-state index contributed by atoms with van der Waals surface area (Å²) in [5, 5.41) is 1.29. The smallest absolute Gasteiger partial charge is 0.297 e. The SMILES string of the molecule is COc1ccc2nc(N3C(=O)c4oc5ccc(Cl)cc5c(=O)c4C34C(=O)N(Cc3ccc(Cl)cc3)c3ccccc34)sc2c1. The number of carbonyl (C=O) groups is 2. The molecule has 2 aromatic heterocycles. The maximum Gasteiger partial charge on any atom is 0.297 e. The van der Waals surface area contributed by atoms with Crippen LogP contribution in [0.1, 0.15) is 27.2 Å². The molecule has 0 radical (unpaired) electrons. The summed E-state index contributed by atoms with van der Waals surface area (Å²) in [6, 6.07) is 24.3. The molecule has 1 spiro atoms. The summed E-state index contributed by atoms with van der Waals surface area (Å²) in [5.74, 6) is -0.712. The number of rotatable bonds is 4. The van der Waals surface area contributed by atoms with Crippen molar-refractivity contribution in [3.8, 4) is 5.75 Å². The number of ether oxygens (including phenoxy) is 1. The van der Waals surface area contributed by atoms with E-state index in [0.29, 0.717) is 32.6 Å². The van der Waals surface area contributed by atoms with Crippen LogP contribution in [0, 0.1) is 0 Å². The van der Waals surface area contributed by atoms with Crippen LogP contribution in [0.15, 0.2) is 94.1 Å². The van der Waals surface area contributed by atoms with Gasteiger partial charge in [-0.3, -0.25) is 19.3 Å². The highest BCUT2D eigenvalue weighted by Gasteiger charge is 2.66. The number of methoxy groups -OCH3 is 1. The lowest BCUT2D eigenvalue weighted by Crippen LogP contribution is -2.53. The van der Waals surface area contributed by atoms with Crippen LogP contribution >= 0.6 is 34.5 Å². The molecule has 2 aliphatic heterocycles. The van der Waals surface area contributed by atoms with Crippen LogP contribution in [-0.4, -0.2) is 23.9 Å². The van der Waals surface area contributed by atoms with Gasteiger partial charge in [-0.05, 0) is 60.2 Å². The van der Waals surface area contributed by atoms with Crippen LogP contribution in [0.25, 0.3) is 21.2 Å². The molecule has 0 aliphatic carbocycles. The predicted octanol–water partition coefficient (Wildman–Crippen LogP) is 7.17. The molecule has 1 unspecified atom stereocenters. The van der Waals surface area contributed by atoms with Crippen molar-refractivity contribution in [1.29, 1.82) is 0 Å². The minimum Gasteiger partial charge on any atom is -0.497 e. The molecule has 0 bridgehead atoms. The zero-order chi connectivity index (χ0) is 30.3. The maximum absolute atomic E-state index is 15.1. The lowest BCUT2D eigenvalue weighted by Gasteiger charge is -2.32. The summed E-state index contributed by atoms with van der Waals surface area (Å²) in [6.07, 6.45) is 0. The normalized spacial score (nSPS) is 17.2. The Bertz CT molecular complexity index is 2260. The first-order chi connectivity index (χ1) is 21.3. The van der Waals surface area contributed by atoms with E-state index in [1.807, 2.05) is 24.3 Å². The lowest BCUT2D eigenvalue weighted by molar-refractivity contribution is -0.121. The third-order valence-corrected chi connectivity index (χ3v) is 9.61. The summed E-state index contributed by atoms with van der Waals surface area (Å²) < 4.78 is 12.3. The van der Waals surface area contributed by atoms with Gasteiger partial charge in [-0.15, -0.1) is 0 Å². The molecule has 0 fully saturated rings. The Morgan fingerprint density at radius 3 is 2.50 bits per heavy atom. The average Bonchev–Trinajstić information content (AvgIpc) is 3.64. The van der Waals surface area contributed by atoms with Gasteiger partial charge in [0.2, 0.25) is 5.76 Å². The van der Waals surface area contributed by atoms with E-state index in [2.05, 4.69) is 0 Å². The monoisotopic (exact) mass is 639 g/mol. The summed E-state index contributed by atoms with van der Waals surface area (Å²) >= 11 is 13.6. The molecule has 0 N–H and O–H groups in total. The molecule has 0 saturated heterocycles. The molecule has 2 aliphatic rings. The van der Waals surface area contributed by atoms with E-state index in [1.54, 1.807) is 66.6 Å². The minimum atomic E-state index is -1.88. The number of nitrogens with zero attached hydrogens (tertiary/aromatic N) is 3. The summed E-state index contributed by atoms with van der Waals surface area (Å²) in [7, 11) is 1.57. The van der Waals surface area contributed by atoms with Gasteiger partial charge in [0.1, 0.15) is 11.3 Å². The first-order valence-corrected chi connectivity index (χ1v) is 15.1. The van der Waals surface area contributed by atoms with Crippen LogP contribution < -0.4 is 20.0 Å². The Balaban J connectivity index is 1.44. The first-order valence-electron chi connectivity index (χ1n) is 13.5. The quantitative estimate of drug-likeness (QED) is 0.203. The first kappa shape index (κ1) is 26.9. The molecule has 11 heteroatoms. The van der Waals surface area contributed by atoms with Gasteiger partial charge >= 0.3 is 0 Å². The van der Waals surface area contributed by atoms with Crippen molar-refractivity contribution in [2.45, 2.75) is 12.1 Å².